The molecule has 8 heteroatoms. The maximum absolute atomic E-state index is 12.9. The monoisotopic (exact) mass is 357 g/mol. The van der Waals surface area contributed by atoms with Gasteiger partial charge in [0, 0.05) is 18.2 Å². The lowest BCUT2D eigenvalue weighted by Crippen LogP contribution is -2.41. The number of methoxy groups -OCH3 is 3. The third-order valence-electron chi connectivity index (χ3n) is 4.16. The van der Waals surface area contributed by atoms with E-state index < -0.39 is 9.84 Å². The Balaban J connectivity index is 2.37. The second-order valence-electron chi connectivity index (χ2n) is 5.56. The zero-order valence-electron chi connectivity index (χ0n) is 14.4. The molecule has 1 aromatic rings. The molecule has 24 heavy (non-hydrogen) atoms. The van der Waals surface area contributed by atoms with Crippen LogP contribution in [0.4, 0.5) is 0 Å². The molecule has 0 spiro atoms. The maximum atomic E-state index is 12.9. The van der Waals surface area contributed by atoms with Gasteiger partial charge >= 0.3 is 0 Å². The highest BCUT2D eigenvalue weighted by atomic mass is 32.2. The van der Waals surface area contributed by atoms with E-state index in [0.717, 1.165) is 0 Å². The van der Waals surface area contributed by atoms with Gasteiger partial charge in [-0.25, -0.2) is 8.42 Å². The number of sulfone groups is 1. The standard InChI is InChI=1S/C16H23NO6S/c1-5-17(12-6-7-24(19,20)10-12)16(18)11-8-13(21-2)15(23-4)14(9-11)22-3/h8-9,12H,5-7,10H2,1-4H3/t12-/m0/s1. The number of hydrogen-bond acceptors (Lipinski definition) is 6. The summed E-state index contributed by atoms with van der Waals surface area (Å²) in [5.74, 6) is 1.06. The zero-order chi connectivity index (χ0) is 17.9. The Morgan fingerprint density at radius 3 is 2.12 bits per heavy atom. The lowest BCUT2D eigenvalue weighted by molar-refractivity contribution is 0.0707. The Labute approximate surface area is 142 Å². The smallest absolute Gasteiger partial charge is 0.254 e. The molecular weight excluding hydrogens is 334 g/mol. The van der Waals surface area contributed by atoms with E-state index in [1.165, 1.54) is 21.3 Å². The van der Waals surface area contributed by atoms with Crippen molar-refractivity contribution in [3.63, 3.8) is 0 Å². The third-order valence-corrected chi connectivity index (χ3v) is 5.91. The quantitative estimate of drug-likeness (QED) is 0.765. The number of ether oxygens (including phenoxy) is 3. The Morgan fingerprint density at radius 1 is 1.17 bits per heavy atom. The molecule has 134 valence electrons. The molecule has 1 aliphatic rings. The second kappa shape index (κ2) is 7.29. The van der Waals surface area contributed by atoms with E-state index in [1.54, 1.807) is 17.0 Å². The van der Waals surface area contributed by atoms with E-state index in [-0.39, 0.29) is 23.5 Å². The van der Waals surface area contributed by atoms with Crippen LogP contribution in [-0.4, -0.2) is 64.6 Å². The zero-order valence-corrected chi connectivity index (χ0v) is 15.2. The highest BCUT2D eigenvalue weighted by Crippen LogP contribution is 2.38. The number of carbonyl (C=O) groups excluding carboxylic acids is 1. The Hall–Kier alpha value is -1.96. The summed E-state index contributed by atoms with van der Waals surface area (Å²) >= 11 is 0. The van der Waals surface area contributed by atoms with Crippen molar-refractivity contribution in [1.82, 2.24) is 4.90 Å². The highest BCUT2D eigenvalue weighted by molar-refractivity contribution is 7.91. The number of benzene rings is 1. The van der Waals surface area contributed by atoms with Gasteiger partial charge in [0.15, 0.2) is 21.3 Å². The lowest BCUT2D eigenvalue weighted by atomic mass is 10.1. The van der Waals surface area contributed by atoms with Gasteiger partial charge in [-0.15, -0.1) is 0 Å². The van der Waals surface area contributed by atoms with Crippen molar-refractivity contribution in [2.45, 2.75) is 19.4 Å². The number of nitrogens with zero attached hydrogens (tertiary/aromatic N) is 1. The topological polar surface area (TPSA) is 82.1 Å². The molecule has 0 radical (unpaired) electrons. The lowest BCUT2D eigenvalue weighted by Gasteiger charge is -2.27. The summed E-state index contributed by atoms with van der Waals surface area (Å²) in [6, 6.07) is 2.86. The van der Waals surface area contributed by atoms with Crippen molar-refractivity contribution in [2.75, 3.05) is 39.4 Å². The molecule has 0 aliphatic carbocycles. The highest BCUT2D eigenvalue weighted by Gasteiger charge is 2.34. The van der Waals surface area contributed by atoms with E-state index >= 15 is 0 Å². The fraction of sp³-hybridized carbons (Fsp3) is 0.562. The van der Waals surface area contributed by atoms with Crippen molar-refractivity contribution >= 4 is 15.7 Å². The normalized spacial score (nSPS) is 18.9. The van der Waals surface area contributed by atoms with Crippen LogP contribution in [0, 0.1) is 0 Å². The molecule has 0 N–H and O–H groups in total. The summed E-state index contributed by atoms with van der Waals surface area (Å²) in [7, 11) is 1.38. The van der Waals surface area contributed by atoms with Crippen LogP contribution in [0.5, 0.6) is 17.2 Å². The summed E-state index contributed by atoms with van der Waals surface area (Å²) in [4.78, 5) is 14.5. The van der Waals surface area contributed by atoms with Crippen LogP contribution in [0.1, 0.15) is 23.7 Å². The summed E-state index contributed by atoms with van der Waals surface area (Å²) in [6.07, 6.45) is 0.465. The van der Waals surface area contributed by atoms with Gasteiger partial charge in [0.05, 0.1) is 32.8 Å². The second-order valence-corrected chi connectivity index (χ2v) is 7.79. The van der Waals surface area contributed by atoms with Crippen molar-refractivity contribution in [3.8, 4) is 17.2 Å². The number of rotatable bonds is 6. The van der Waals surface area contributed by atoms with E-state index in [9.17, 15) is 13.2 Å². The third kappa shape index (κ3) is 3.58. The van der Waals surface area contributed by atoms with E-state index in [1.807, 2.05) is 6.92 Å². The van der Waals surface area contributed by atoms with Gasteiger partial charge in [-0.3, -0.25) is 4.79 Å². The van der Waals surface area contributed by atoms with Gasteiger partial charge in [-0.2, -0.15) is 0 Å². The minimum Gasteiger partial charge on any atom is -0.493 e. The van der Waals surface area contributed by atoms with Crippen LogP contribution in [0.2, 0.25) is 0 Å². The predicted molar refractivity (Wildman–Crippen MR) is 89.9 cm³/mol. The minimum atomic E-state index is -3.07. The first-order valence-electron chi connectivity index (χ1n) is 7.68. The van der Waals surface area contributed by atoms with E-state index in [4.69, 9.17) is 14.2 Å². The molecule has 1 aromatic carbocycles. The first-order valence-corrected chi connectivity index (χ1v) is 9.50. The fourth-order valence-electron chi connectivity index (χ4n) is 2.96. The average molecular weight is 357 g/mol. The first-order chi connectivity index (χ1) is 11.4. The molecule has 1 amide bonds. The fourth-order valence-corrected chi connectivity index (χ4v) is 4.69. The van der Waals surface area contributed by atoms with Crippen molar-refractivity contribution in [1.29, 1.82) is 0 Å². The number of hydrogen-bond donors (Lipinski definition) is 0. The van der Waals surface area contributed by atoms with E-state index in [0.29, 0.717) is 35.8 Å². The number of amides is 1. The Kier molecular flexibility index (Phi) is 5.58. The largest absolute Gasteiger partial charge is 0.493 e. The molecule has 0 unspecified atom stereocenters. The van der Waals surface area contributed by atoms with Crippen molar-refractivity contribution < 1.29 is 27.4 Å². The van der Waals surface area contributed by atoms with Crippen LogP contribution in [-0.2, 0) is 9.84 Å². The van der Waals surface area contributed by atoms with Crippen LogP contribution in [0.3, 0.4) is 0 Å². The first kappa shape index (κ1) is 18.4. The van der Waals surface area contributed by atoms with Crippen molar-refractivity contribution in [2.24, 2.45) is 0 Å². The molecule has 0 bridgehead atoms. The molecule has 7 nitrogen and oxygen atoms in total. The average Bonchev–Trinajstić information content (AvgIpc) is 2.93. The molecule has 0 saturated carbocycles. The molecule has 1 heterocycles. The molecule has 0 aromatic heterocycles. The Bertz CT molecular complexity index is 690. The molecule has 1 atom stereocenters. The predicted octanol–water partition coefficient (Wildman–Crippen LogP) is 1.36. The molecular formula is C16H23NO6S. The molecule has 2 rings (SSSR count). The van der Waals surface area contributed by atoms with E-state index in [2.05, 4.69) is 0 Å². The van der Waals surface area contributed by atoms with Gasteiger partial charge < -0.3 is 19.1 Å². The Morgan fingerprint density at radius 2 is 1.75 bits per heavy atom. The van der Waals surface area contributed by atoms with Gasteiger partial charge in [-0.1, -0.05) is 0 Å². The summed E-state index contributed by atoms with van der Waals surface area (Å²) in [6.45, 7) is 2.26. The SMILES string of the molecule is CCN(C(=O)c1cc(OC)c(OC)c(OC)c1)[C@H]1CCS(=O)(=O)C1. The number of carbonyl (C=O) groups is 1. The van der Waals surface area contributed by atoms with Gasteiger partial charge in [0.25, 0.3) is 5.91 Å². The van der Waals surface area contributed by atoms with Crippen LogP contribution >= 0.6 is 0 Å². The van der Waals surface area contributed by atoms with Crippen LogP contribution in [0.15, 0.2) is 12.1 Å². The summed E-state index contributed by atoms with van der Waals surface area (Å²) in [5, 5.41) is 0. The van der Waals surface area contributed by atoms with Crippen LogP contribution in [0.25, 0.3) is 0 Å². The maximum Gasteiger partial charge on any atom is 0.254 e. The van der Waals surface area contributed by atoms with Gasteiger partial charge in [0.2, 0.25) is 5.75 Å². The molecule has 1 fully saturated rings. The molecule has 1 aliphatic heterocycles. The minimum absolute atomic E-state index is 0.0109. The summed E-state index contributed by atoms with van der Waals surface area (Å²) < 4.78 is 39.2. The molecule has 1 saturated heterocycles. The van der Waals surface area contributed by atoms with Gasteiger partial charge in [-0.05, 0) is 25.5 Å². The van der Waals surface area contributed by atoms with Crippen LogP contribution < -0.4 is 14.2 Å². The van der Waals surface area contributed by atoms with Crippen molar-refractivity contribution in [3.05, 3.63) is 17.7 Å². The summed E-state index contributed by atoms with van der Waals surface area (Å²) in [5.41, 5.74) is 0.371. The van der Waals surface area contributed by atoms with Gasteiger partial charge in [0.1, 0.15) is 0 Å².